The van der Waals surface area contributed by atoms with E-state index in [1.807, 2.05) is 0 Å². The van der Waals surface area contributed by atoms with Crippen molar-refractivity contribution in [1.82, 2.24) is 0 Å². The molecule has 4 heteroatoms. The van der Waals surface area contributed by atoms with Gasteiger partial charge in [0.25, 0.3) is 0 Å². The molecule has 0 atom stereocenters. The van der Waals surface area contributed by atoms with Gasteiger partial charge in [-0.25, -0.2) is 4.79 Å². The number of carboxylic acid groups (broad SMARTS) is 1. The van der Waals surface area contributed by atoms with Crippen LogP contribution in [0.15, 0.2) is 11.1 Å². The van der Waals surface area contributed by atoms with Gasteiger partial charge < -0.3 is 10.8 Å². The van der Waals surface area contributed by atoms with Gasteiger partial charge in [0.2, 0.25) is 0 Å². The summed E-state index contributed by atoms with van der Waals surface area (Å²) in [6, 6.07) is 0. The van der Waals surface area contributed by atoms with Gasteiger partial charge >= 0.3 is 5.97 Å². The Morgan fingerprint density at radius 1 is 1.88 bits per heavy atom. The molecule has 0 aromatic heterocycles. The highest BCUT2D eigenvalue weighted by Gasteiger charge is 1.98. The fourth-order valence-electron chi connectivity index (χ4n) is 0.191. The number of aliphatic carboxylic acids is 1. The first kappa shape index (κ1) is 7.46. The van der Waals surface area contributed by atoms with E-state index in [1.54, 1.807) is 0 Å². The van der Waals surface area contributed by atoms with Crippen molar-refractivity contribution in [3.8, 4) is 0 Å². The molecule has 0 radical (unpaired) electrons. The lowest BCUT2D eigenvalue weighted by Gasteiger charge is -1.84. The molecule has 0 fully saturated rings. The normalized spacial score (nSPS) is 11.5. The number of carboxylic acids is 1. The van der Waals surface area contributed by atoms with E-state index in [0.29, 0.717) is 0 Å². The molecule has 0 spiro atoms. The van der Waals surface area contributed by atoms with Crippen molar-refractivity contribution < 1.29 is 9.90 Å². The molecule has 0 saturated carbocycles. The van der Waals surface area contributed by atoms with Crippen molar-refractivity contribution in [2.45, 2.75) is 0 Å². The zero-order valence-electron chi connectivity index (χ0n) is 4.10. The third kappa shape index (κ3) is 2.60. The third-order valence-electron chi connectivity index (χ3n) is 0.501. The molecular weight excluding hydrogens is 130 g/mol. The second-order valence-corrected chi connectivity index (χ2v) is 1.50. The van der Waals surface area contributed by atoms with Crippen LogP contribution in [0.25, 0.3) is 0 Å². The molecule has 0 unspecified atom stereocenters. The smallest absolute Gasteiger partial charge is 0.347 e. The molecule has 0 aliphatic carbocycles. The first-order valence-corrected chi connectivity index (χ1v) is 2.35. The molecule has 0 rings (SSSR count). The zero-order chi connectivity index (χ0) is 6.57. The van der Waals surface area contributed by atoms with Crippen LogP contribution < -0.4 is 5.73 Å². The maximum absolute atomic E-state index is 9.83. The van der Waals surface area contributed by atoms with Crippen molar-refractivity contribution in [1.29, 1.82) is 0 Å². The summed E-state index contributed by atoms with van der Waals surface area (Å²) in [5.41, 5.74) is 4.94. The van der Waals surface area contributed by atoms with Gasteiger partial charge in [-0.2, -0.15) is 0 Å². The lowest BCUT2D eigenvalue weighted by atomic mass is 10.5. The SMILES string of the molecule is NCC=C(Cl)C(=O)O. The van der Waals surface area contributed by atoms with Gasteiger partial charge in [-0.3, -0.25) is 0 Å². The van der Waals surface area contributed by atoms with E-state index < -0.39 is 5.97 Å². The van der Waals surface area contributed by atoms with Crippen LogP contribution in [0, 0.1) is 0 Å². The Balaban J connectivity index is 3.80. The minimum Gasteiger partial charge on any atom is -0.477 e. The maximum Gasteiger partial charge on any atom is 0.347 e. The van der Waals surface area contributed by atoms with Crippen LogP contribution in [-0.4, -0.2) is 17.6 Å². The molecule has 0 heterocycles. The summed E-state index contributed by atoms with van der Waals surface area (Å²) in [7, 11) is 0. The molecule has 0 aromatic carbocycles. The monoisotopic (exact) mass is 135 g/mol. The Bertz CT molecular complexity index is 121. The molecule has 3 N–H and O–H groups in total. The molecule has 8 heavy (non-hydrogen) atoms. The van der Waals surface area contributed by atoms with Gasteiger partial charge in [0.05, 0.1) is 0 Å². The molecule has 3 nitrogen and oxygen atoms in total. The summed E-state index contributed by atoms with van der Waals surface area (Å²) in [6.07, 6.45) is 1.23. The summed E-state index contributed by atoms with van der Waals surface area (Å²) in [6.45, 7) is 0.158. The van der Waals surface area contributed by atoms with Gasteiger partial charge in [-0.15, -0.1) is 0 Å². The first-order chi connectivity index (χ1) is 3.68. The Labute approximate surface area is 51.7 Å². The van der Waals surface area contributed by atoms with E-state index in [4.69, 9.17) is 22.4 Å². The van der Waals surface area contributed by atoms with Crippen LogP contribution in [-0.2, 0) is 4.79 Å². The van der Waals surface area contributed by atoms with Gasteiger partial charge in [0.15, 0.2) is 0 Å². The van der Waals surface area contributed by atoms with E-state index in [1.165, 1.54) is 6.08 Å². The van der Waals surface area contributed by atoms with Crippen molar-refractivity contribution >= 4 is 17.6 Å². The topological polar surface area (TPSA) is 63.3 Å². The summed E-state index contributed by atoms with van der Waals surface area (Å²) >= 11 is 5.10. The predicted molar refractivity (Wildman–Crippen MR) is 30.6 cm³/mol. The van der Waals surface area contributed by atoms with Crippen LogP contribution in [0.3, 0.4) is 0 Å². The lowest BCUT2D eigenvalue weighted by molar-refractivity contribution is -0.131. The van der Waals surface area contributed by atoms with E-state index in [2.05, 4.69) is 0 Å². The largest absolute Gasteiger partial charge is 0.477 e. The minimum absolute atomic E-state index is 0.158. The number of rotatable bonds is 2. The summed E-state index contributed by atoms with van der Waals surface area (Å²) in [5, 5.41) is 7.83. The van der Waals surface area contributed by atoms with E-state index in [-0.39, 0.29) is 11.6 Å². The quantitative estimate of drug-likeness (QED) is 0.530. The van der Waals surface area contributed by atoms with Gasteiger partial charge in [0.1, 0.15) is 5.03 Å². The van der Waals surface area contributed by atoms with Crippen LogP contribution in [0.1, 0.15) is 0 Å². The minimum atomic E-state index is -1.14. The van der Waals surface area contributed by atoms with Crippen molar-refractivity contribution in [3.63, 3.8) is 0 Å². The van der Waals surface area contributed by atoms with Crippen LogP contribution in [0.2, 0.25) is 0 Å². The second-order valence-electron chi connectivity index (χ2n) is 1.09. The standard InChI is InChI=1S/C4H6ClNO2/c5-3(1-2-6)4(7)8/h1H,2,6H2,(H,7,8). The number of nitrogens with two attached hydrogens (primary N) is 1. The zero-order valence-corrected chi connectivity index (χ0v) is 4.85. The van der Waals surface area contributed by atoms with Crippen LogP contribution in [0.4, 0.5) is 0 Å². The summed E-state index contributed by atoms with van der Waals surface area (Å²) in [5.74, 6) is -1.14. The third-order valence-corrected chi connectivity index (χ3v) is 0.817. The van der Waals surface area contributed by atoms with Crippen molar-refractivity contribution in [2.75, 3.05) is 6.54 Å². The Morgan fingerprint density at radius 2 is 2.38 bits per heavy atom. The predicted octanol–water partition coefficient (Wildman–Crippen LogP) is 0.152. The summed E-state index contributed by atoms with van der Waals surface area (Å²) < 4.78 is 0. The van der Waals surface area contributed by atoms with E-state index in [0.717, 1.165) is 0 Å². The second kappa shape index (κ2) is 3.46. The lowest BCUT2D eigenvalue weighted by Crippen LogP contribution is -1.99. The van der Waals surface area contributed by atoms with Gasteiger partial charge in [0, 0.05) is 6.54 Å². The highest BCUT2D eigenvalue weighted by molar-refractivity contribution is 6.40. The summed E-state index contributed by atoms with van der Waals surface area (Å²) in [4.78, 5) is 9.83. The molecule has 0 aliphatic rings. The number of hydrogen-bond donors (Lipinski definition) is 2. The van der Waals surface area contributed by atoms with Crippen molar-refractivity contribution in [2.24, 2.45) is 5.73 Å². The van der Waals surface area contributed by atoms with Gasteiger partial charge in [-0.1, -0.05) is 11.6 Å². The Morgan fingerprint density at radius 3 is 2.50 bits per heavy atom. The molecule has 0 saturated heterocycles. The first-order valence-electron chi connectivity index (χ1n) is 1.97. The molecule has 0 aromatic rings. The fourth-order valence-corrected chi connectivity index (χ4v) is 0.280. The average Bonchev–Trinajstić information content (AvgIpc) is 1.67. The fraction of sp³-hybridized carbons (Fsp3) is 0.250. The molecule has 46 valence electrons. The highest BCUT2D eigenvalue weighted by atomic mass is 35.5. The van der Waals surface area contributed by atoms with E-state index in [9.17, 15) is 4.79 Å². The van der Waals surface area contributed by atoms with Crippen LogP contribution >= 0.6 is 11.6 Å². The highest BCUT2D eigenvalue weighted by Crippen LogP contribution is 1.97. The Kier molecular flexibility index (Phi) is 3.23. The number of carbonyl (C=O) groups is 1. The van der Waals surface area contributed by atoms with Crippen molar-refractivity contribution in [3.05, 3.63) is 11.1 Å². The van der Waals surface area contributed by atoms with Crippen LogP contribution in [0.5, 0.6) is 0 Å². The molecule has 0 bridgehead atoms. The average molecular weight is 136 g/mol. The number of hydrogen-bond acceptors (Lipinski definition) is 2. The number of halogens is 1. The van der Waals surface area contributed by atoms with E-state index >= 15 is 0 Å². The molecular formula is C4H6ClNO2. The Hall–Kier alpha value is -0.540. The molecule has 0 aliphatic heterocycles. The molecule has 0 amide bonds. The maximum atomic E-state index is 9.83. The van der Waals surface area contributed by atoms with Gasteiger partial charge in [-0.05, 0) is 6.08 Å².